The number of halogens is 24. The molecule has 28 heteroatoms. The largest absolute Gasteiger partial charge is 0.454 e. The van der Waals surface area contributed by atoms with Gasteiger partial charge in [-0.3, -0.25) is 0 Å². The highest BCUT2D eigenvalue weighted by Gasteiger charge is 2.47. The molecule has 1 aliphatic rings. The van der Waals surface area contributed by atoms with Crippen LogP contribution < -0.4 is 26.4 Å². The highest BCUT2D eigenvalue weighted by molar-refractivity contribution is 7.20. The van der Waals surface area contributed by atoms with E-state index in [0.29, 0.717) is 12.2 Å². The quantitative estimate of drug-likeness (QED) is 0.0657. The molecule has 6 aromatic carbocycles. The molecule has 0 aliphatic heterocycles. The first-order chi connectivity index (χ1) is 38.1. The fourth-order valence-electron chi connectivity index (χ4n) is 9.84. The lowest BCUT2D eigenvalue weighted by Gasteiger charge is -2.46. The first kappa shape index (κ1) is 63.2. The highest BCUT2D eigenvalue weighted by Crippen LogP contribution is 2.42. The third-order valence-electron chi connectivity index (χ3n) is 13.6. The molecule has 8 rings (SSSR count). The van der Waals surface area contributed by atoms with Gasteiger partial charge < -0.3 is 4.74 Å². The molecule has 83 heavy (non-hydrogen) atoms. The maximum atomic E-state index is 14.2. The zero-order valence-corrected chi connectivity index (χ0v) is 41.5. The van der Waals surface area contributed by atoms with Gasteiger partial charge in [0, 0.05) is 23.1 Å². The topological polar surface area (TPSA) is 30.2 Å². The standard InChI is InChI=1S/C32H12BF24.C23H24NO2/c34-25(35,36)13-1-14(26(37,38)39)6-21(5-13)33(22-7-15(27(40,41)42)2-16(8-22)28(43,44)45,23-9-17(29(46,47)48)3-18(10-23)30(49,50)51)24-11-19(31(52,53)54)4-20(12-24)32(55,56)57;25-23(26-20-12-5-2-6-13-20)22-16-15-19-11-7-8-14-21(19)24(22)17-18-9-3-1-4-10-18/h1-12H;1,3-4,7-11,14-16,20H,2,5-6,12-13,17H2/q-1;+1. The molecule has 0 saturated heterocycles. The van der Waals surface area contributed by atoms with Gasteiger partial charge in [-0.25, -0.2) is 4.79 Å². The zero-order valence-electron chi connectivity index (χ0n) is 41.5. The van der Waals surface area contributed by atoms with Crippen LogP contribution in [0.3, 0.4) is 0 Å². The second-order valence-electron chi connectivity index (χ2n) is 19.2. The lowest BCUT2D eigenvalue weighted by molar-refractivity contribution is -0.665. The third-order valence-corrected chi connectivity index (χ3v) is 13.6. The maximum Gasteiger partial charge on any atom is 0.416 e. The molecular weight excluding hydrogens is 1170 g/mol. The number of nitrogens with zero attached hydrogens (tertiary/aromatic N) is 1. The SMILES string of the molecule is FC(F)(F)c1cc([B-](c2cc(C(F)(F)F)cc(C(F)(F)F)c2)(c2cc(C(F)(F)F)cc(C(F)(F)F)c2)c2cc(C(F)(F)F)cc(C(F)(F)F)c2)cc(C(F)(F)F)c1.O=C(OC1CCCCC1)c1ccc2ccccc2[n+]1Cc1ccccc1. The number of fused-ring (bicyclic) bond motifs is 1. The van der Waals surface area contributed by atoms with Crippen molar-refractivity contribution in [3.63, 3.8) is 0 Å². The van der Waals surface area contributed by atoms with Crippen LogP contribution in [0, 0.1) is 0 Å². The van der Waals surface area contributed by atoms with Gasteiger partial charge in [-0.1, -0.05) is 97.4 Å². The van der Waals surface area contributed by atoms with Crippen molar-refractivity contribution in [2.24, 2.45) is 0 Å². The third kappa shape index (κ3) is 14.5. The minimum absolute atomic E-state index is 0.0629. The summed E-state index contributed by atoms with van der Waals surface area (Å²) in [5.74, 6) is -0.210. The lowest BCUT2D eigenvalue weighted by Crippen LogP contribution is -2.75. The monoisotopic (exact) mass is 1210 g/mol. The minimum atomic E-state index is -6.13. The number of rotatable bonds is 8. The molecule has 444 valence electrons. The summed E-state index contributed by atoms with van der Waals surface area (Å²) >= 11 is 0. The average Bonchev–Trinajstić information content (AvgIpc) is 1.78. The van der Waals surface area contributed by atoms with Crippen LogP contribution in [0.1, 0.15) is 92.7 Å². The average molecular weight is 1210 g/mol. The maximum absolute atomic E-state index is 14.2. The molecule has 7 aromatic rings. The molecule has 0 N–H and O–H groups in total. The predicted molar refractivity (Wildman–Crippen MR) is 252 cm³/mol. The summed E-state index contributed by atoms with van der Waals surface area (Å²) in [5.41, 5.74) is -27.4. The van der Waals surface area contributed by atoms with Gasteiger partial charge in [0.15, 0.2) is 6.54 Å². The normalized spacial score (nSPS) is 14.6. The second kappa shape index (κ2) is 22.6. The van der Waals surface area contributed by atoms with Crippen molar-refractivity contribution < 1.29 is 119 Å². The molecule has 1 aliphatic carbocycles. The van der Waals surface area contributed by atoms with Crippen LogP contribution in [-0.2, 0) is 60.7 Å². The molecule has 3 nitrogen and oxygen atoms in total. The number of para-hydroxylation sites is 1. The molecule has 1 aromatic heterocycles. The van der Waals surface area contributed by atoms with E-state index in [2.05, 4.69) is 28.8 Å². The number of aromatic nitrogens is 1. The predicted octanol–water partition coefficient (Wildman–Crippen LogP) is 15.9. The van der Waals surface area contributed by atoms with Crippen molar-refractivity contribution in [2.75, 3.05) is 0 Å². The van der Waals surface area contributed by atoms with Gasteiger partial charge in [0.1, 0.15) is 12.2 Å². The van der Waals surface area contributed by atoms with E-state index in [-0.39, 0.29) is 12.1 Å². The molecule has 0 bridgehead atoms. The first-order valence-electron chi connectivity index (χ1n) is 24.1. The molecule has 0 unspecified atom stereocenters. The number of alkyl halides is 24. The molecule has 1 fully saturated rings. The van der Waals surface area contributed by atoms with E-state index in [4.69, 9.17) is 4.74 Å². The molecule has 1 saturated carbocycles. The molecule has 1 heterocycles. The van der Waals surface area contributed by atoms with Crippen LogP contribution >= 0.6 is 0 Å². The second-order valence-corrected chi connectivity index (χ2v) is 19.2. The number of hydrogen-bond donors (Lipinski definition) is 0. The van der Waals surface area contributed by atoms with Crippen LogP contribution in [0.2, 0.25) is 0 Å². The summed E-state index contributed by atoms with van der Waals surface area (Å²) in [6.07, 6.45) is -49.2. The van der Waals surface area contributed by atoms with E-state index in [1.54, 1.807) is 0 Å². The summed E-state index contributed by atoms with van der Waals surface area (Å²) in [6.45, 7) is 0.650. The van der Waals surface area contributed by atoms with E-state index >= 15 is 0 Å². The Morgan fingerprint density at radius 3 is 1.00 bits per heavy atom. The summed E-state index contributed by atoms with van der Waals surface area (Å²) in [6, 6.07) is 13.5. The van der Waals surface area contributed by atoms with Crippen molar-refractivity contribution in [3.8, 4) is 0 Å². The highest BCUT2D eigenvalue weighted by atomic mass is 19.4. The molecule has 0 atom stereocenters. The van der Waals surface area contributed by atoms with Gasteiger partial charge >= 0.3 is 55.4 Å². The van der Waals surface area contributed by atoms with Crippen molar-refractivity contribution in [3.05, 3.63) is 195 Å². The summed E-state index contributed by atoms with van der Waals surface area (Å²) < 4.78 is 349. The van der Waals surface area contributed by atoms with E-state index in [0.717, 1.165) is 36.6 Å². The van der Waals surface area contributed by atoms with Crippen molar-refractivity contribution >= 4 is 44.9 Å². The number of benzene rings is 6. The van der Waals surface area contributed by atoms with Gasteiger partial charge in [-0.2, -0.15) is 132 Å². The molecule has 0 spiro atoms. The van der Waals surface area contributed by atoms with Crippen molar-refractivity contribution in [1.82, 2.24) is 0 Å². The Morgan fingerprint density at radius 1 is 0.386 bits per heavy atom. The molecule has 0 radical (unpaired) electrons. The van der Waals surface area contributed by atoms with Crippen molar-refractivity contribution in [1.29, 1.82) is 0 Å². The van der Waals surface area contributed by atoms with Crippen LogP contribution in [0.25, 0.3) is 10.9 Å². The Bertz CT molecular complexity index is 3040. The van der Waals surface area contributed by atoms with Gasteiger partial charge in [0.05, 0.1) is 44.5 Å². The summed E-state index contributed by atoms with van der Waals surface area (Å²) in [5, 5.41) is 1.12. The van der Waals surface area contributed by atoms with E-state index in [1.165, 1.54) is 12.0 Å². The number of carbonyl (C=O) groups is 1. The lowest BCUT2D eigenvalue weighted by atomic mass is 9.12. The summed E-state index contributed by atoms with van der Waals surface area (Å²) in [4.78, 5) is 12.9. The smallest absolute Gasteiger partial charge is 0.416 e. The summed E-state index contributed by atoms with van der Waals surface area (Å²) in [7, 11) is 0. The van der Waals surface area contributed by atoms with Crippen LogP contribution in [-0.4, -0.2) is 18.2 Å². The first-order valence-corrected chi connectivity index (χ1v) is 24.1. The minimum Gasteiger partial charge on any atom is -0.454 e. The zero-order chi connectivity index (χ0) is 61.7. The van der Waals surface area contributed by atoms with Gasteiger partial charge in [0.25, 0.3) is 5.69 Å². The van der Waals surface area contributed by atoms with E-state index in [9.17, 15) is 110 Å². The number of ether oxygens (including phenoxy) is 1. The Balaban J connectivity index is 0.000000313. The Morgan fingerprint density at radius 2 is 0.687 bits per heavy atom. The number of pyridine rings is 1. The molecule has 0 amide bonds. The van der Waals surface area contributed by atoms with Gasteiger partial charge in [-0.15, -0.1) is 0 Å². The molecular formula is C55H36BF24NO2. The Labute approximate surface area is 453 Å². The van der Waals surface area contributed by atoms with Crippen LogP contribution in [0.5, 0.6) is 0 Å². The van der Waals surface area contributed by atoms with E-state index < -0.39 is 195 Å². The van der Waals surface area contributed by atoms with E-state index in [1.807, 2.05) is 42.5 Å². The fourth-order valence-corrected chi connectivity index (χ4v) is 9.84. The van der Waals surface area contributed by atoms with Crippen LogP contribution in [0.15, 0.2) is 140 Å². The van der Waals surface area contributed by atoms with Gasteiger partial charge in [0.2, 0.25) is 5.52 Å². The fraction of sp³-hybridized carbons (Fsp3) is 0.273. The Hall–Kier alpha value is -7.42. The number of esters is 1. The van der Waals surface area contributed by atoms with Crippen molar-refractivity contribution in [2.45, 2.75) is 94.2 Å². The Kier molecular flexibility index (Phi) is 17.2. The number of hydrogen-bond acceptors (Lipinski definition) is 2. The number of carbonyl (C=O) groups excluding carboxylic acids is 1. The van der Waals surface area contributed by atoms with Gasteiger partial charge in [-0.05, 0) is 62.1 Å². The van der Waals surface area contributed by atoms with Crippen LogP contribution in [0.4, 0.5) is 105 Å².